The topological polar surface area (TPSA) is 159 Å². The molecule has 1 fully saturated rings. The van der Waals surface area contributed by atoms with E-state index in [9.17, 15) is 30.3 Å². The molecular weight excluding hydrogens is 400 g/mol. The highest BCUT2D eigenvalue weighted by Crippen LogP contribution is 2.38. The monoisotopic (exact) mass is 424 g/mol. The van der Waals surface area contributed by atoms with Crippen LogP contribution in [0.15, 0.2) is 33.5 Å². The SMILES string of the molecule is CC(O)(CO[C@@H]1O[C@H](CO)[C@@H](O)[C@H](O)[C@H]1O)C1Cc2c(ccc3ccc(=O)oc23)O1. The minimum Gasteiger partial charge on any atom is -0.487 e. The molecule has 1 saturated heterocycles. The van der Waals surface area contributed by atoms with Crippen LogP contribution in [0.1, 0.15) is 12.5 Å². The fraction of sp³-hybridized carbons (Fsp3) is 0.550. The first kappa shape index (κ1) is 21.2. The van der Waals surface area contributed by atoms with Gasteiger partial charge in [0, 0.05) is 23.4 Å². The molecule has 7 atom stereocenters. The van der Waals surface area contributed by atoms with Gasteiger partial charge in [-0.25, -0.2) is 4.79 Å². The molecule has 3 heterocycles. The number of benzene rings is 1. The van der Waals surface area contributed by atoms with E-state index in [0.29, 0.717) is 16.9 Å². The molecule has 0 saturated carbocycles. The first-order valence-corrected chi connectivity index (χ1v) is 9.58. The Hall–Kier alpha value is -2.05. The van der Waals surface area contributed by atoms with Crippen LogP contribution in [0.2, 0.25) is 0 Å². The molecule has 10 heteroatoms. The fourth-order valence-electron chi connectivity index (χ4n) is 3.75. The summed E-state index contributed by atoms with van der Waals surface area (Å²) in [6.45, 7) is 0.558. The summed E-state index contributed by atoms with van der Waals surface area (Å²) in [6.07, 6.45) is -7.61. The van der Waals surface area contributed by atoms with E-state index in [0.717, 1.165) is 5.39 Å². The van der Waals surface area contributed by atoms with Crippen LogP contribution in [0, 0.1) is 0 Å². The highest BCUT2D eigenvalue weighted by molar-refractivity contribution is 5.82. The Morgan fingerprint density at radius 2 is 1.87 bits per heavy atom. The fourth-order valence-corrected chi connectivity index (χ4v) is 3.75. The van der Waals surface area contributed by atoms with Crippen LogP contribution in [0.25, 0.3) is 11.0 Å². The lowest BCUT2D eigenvalue weighted by atomic mass is 9.95. The molecule has 2 aromatic rings. The van der Waals surface area contributed by atoms with Crippen molar-refractivity contribution in [2.45, 2.75) is 55.8 Å². The zero-order chi connectivity index (χ0) is 21.6. The average molecular weight is 424 g/mol. The van der Waals surface area contributed by atoms with Crippen LogP contribution in [0.3, 0.4) is 0 Å². The Bertz CT molecular complexity index is 968. The van der Waals surface area contributed by atoms with E-state index >= 15 is 0 Å². The summed E-state index contributed by atoms with van der Waals surface area (Å²) in [5, 5.41) is 50.7. The Kier molecular flexibility index (Phi) is 5.58. The molecule has 5 N–H and O–H groups in total. The lowest BCUT2D eigenvalue weighted by Crippen LogP contribution is -2.60. The number of ether oxygens (including phenoxy) is 3. The standard InChI is InChI=1S/C20H24O10/c1-20(26,8-27-19-17(25)16(24)15(23)12(7-21)29-19)13-6-10-11(28-13)4-2-9-3-5-14(22)30-18(9)10/h2-5,12-13,15-17,19,21,23-26H,6-8H2,1H3/t12-,13?,15-,16+,17-,19-,20?/m1/s1. The first-order valence-electron chi connectivity index (χ1n) is 9.58. The molecule has 30 heavy (non-hydrogen) atoms. The summed E-state index contributed by atoms with van der Waals surface area (Å²) in [5.41, 5.74) is -0.979. The molecule has 1 aromatic heterocycles. The van der Waals surface area contributed by atoms with Gasteiger partial charge in [0.1, 0.15) is 47.5 Å². The van der Waals surface area contributed by atoms with Crippen molar-refractivity contribution in [1.29, 1.82) is 0 Å². The van der Waals surface area contributed by atoms with Crippen molar-refractivity contribution in [2.24, 2.45) is 0 Å². The van der Waals surface area contributed by atoms with E-state index in [1.807, 2.05) is 0 Å². The predicted octanol–water partition coefficient (Wildman–Crippen LogP) is -1.34. The third kappa shape index (κ3) is 3.71. The molecule has 0 radical (unpaired) electrons. The number of rotatable bonds is 5. The number of hydrogen-bond acceptors (Lipinski definition) is 10. The van der Waals surface area contributed by atoms with Gasteiger partial charge in [-0.15, -0.1) is 0 Å². The van der Waals surface area contributed by atoms with Gasteiger partial charge >= 0.3 is 5.63 Å². The molecular formula is C20H24O10. The number of hydrogen-bond donors (Lipinski definition) is 5. The van der Waals surface area contributed by atoms with Crippen LogP contribution in [0.5, 0.6) is 5.75 Å². The average Bonchev–Trinajstić information content (AvgIpc) is 3.17. The summed E-state index contributed by atoms with van der Waals surface area (Å²) in [7, 11) is 0. The Morgan fingerprint density at radius 1 is 1.13 bits per heavy atom. The van der Waals surface area contributed by atoms with Gasteiger partial charge in [0.05, 0.1) is 13.2 Å². The van der Waals surface area contributed by atoms with Crippen molar-refractivity contribution >= 4 is 11.0 Å². The van der Waals surface area contributed by atoms with Crippen LogP contribution < -0.4 is 10.4 Å². The number of aliphatic hydroxyl groups is 5. The lowest BCUT2D eigenvalue weighted by Gasteiger charge is -2.40. The normalized spacial score (nSPS) is 33.1. The van der Waals surface area contributed by atoms with Crippen molar-refractivity contribution < 1.29 is 44.2 Å². The highest BCUT2D eigenvalue weighted by Gasteiger charge is 2.46. The molecule has 164 valence electrons. The van der Waals surface area contributed by atoms with Gasteiger partial charge in [-0.05, 0) is 25.1 Å². The van der Waals surface area contributed by atoms with E-state index < -0.39 is 54.6 Å². The summed E-state index contributed by atoms with van der Waals surface area (Å²) in [4.78, 5) is 11.6. The van der Waals surface area contributed by atoms with Crippen LogP contribution in [-0.4, -0.2) is 81.2 Å². The minimum atomic E-state index is -1.58. The largest absolute Gasteiger partial charge is 0.487 e. The van der Waals surface area contributed by atoms with E-state index in [1.165, 1.54) is 13.0 Å². The van der Waals surface area contributed by atoms with Crippen molar-refractivity contribution in [2.75, 3.05) is 13.2 Å². The molecule has 4 rings (SSSR count). The highest BCUT2D eigenvalue weighted by atomic mass is 16.7. The van der Waals surface area contributed by atoms with Crippen molar-refractivity contribution in [3.63, 3.8) is 0 Å². The second-order valence-electron chi connectivity index (χ2n) is 7.89. The van der Waals surface area contributed by atoms with Gasteiger partial charge in [-0.2, -0.15) is 0 Å². The first-order chi connectivity index (χ1) is 14.2. The zero-order valence-electron chi connectivity index (χ0n) is 16.2. The van der Waals surface area contributed by atoms with E-state index in [2.05, 4.69) is 0 Å². The molecule has 10 nitrogen and oxygen atoms in total. The molecule has 0 aliphatic carbocycles. The van der Waals surface area contributed by atoms with Crippen molar-refractivity contribution in [3.05, 3.63) is 40.2 Å². The Labute approximate surface area is 170 Å². The van der Waals surface area contributed by atoms with Crippen LogP contribution >= 0.6 is 0 Å². The molecule has 2 aliphatic rings. The van der Waals surface area contributed by atoms with Gasteiger partial charge in [0.2, 0.25) is 0 Å². The number of aliphatic hydroxyl groups excluding tert-OH is 4. The molecule has 2 unspecified atom stereocenters. The van der Waals surface area contributed by atoms with E-state index in [1.54, 1.807) is 18.2 Å². The summed E-state index contributed by atoms with van der Waals surface area (Å²) >= 11 is 0. The smallest absolute Gasteiger partial charge is 0.336 e. The van der Waals surface area contributed by atoms with E-state index in [4.69, 9.17) is 18.6 Å². The predicted molar refractivity (Wildman–Crippen MR) is 101 cm³/mol. The maximum absolute atomic E-state index is 11.6. The Morgan fingerprint density at radius 3 is 2.60 bits per heavy atom. The van der Waals surface area contributed by atoms with Crippen LogP contribution in [0.4, 0.5) is 0 Å². The second-order valence-corrected chi connectivity index (χ2v) is 7.89. The quantitative estimate of drug-likeness (QED) is 0.364. The van der Waals surface area contributed by atoms with Crippen molar-refractivity contribution in [3.8, 4) is 5.75 Å². The molecule has 1 aromatic carbocycles. The van der Waals surface area contributed by atoms with Crippen molar-refractivity contribution in [1.82, 2.24) is 0 Å². The minimum absolute atomic E-state index is 0.255. The van der Waals surface area contributed by atoms with Gasteiger partial charge in [0.25, 0.3) is 0 Å². The molecule has 0 amide bonds. The molecule has 2 aliphatic heterocycles. The maximum Gasteiger partial charge on any atom is 0.336 e. The third-order valence-corrected chi connectivity index (χ3v) is 5.59. The molecule has 0 spiro atoms. The zero-order valence-corrected chi connectivity index (χ0v) is 16.2. The summed E-state index contributed by atoms with van der Waals surface area (Å²) < 4.78 is 21.9. The van der Waals surface area contributed by atoms with Gasteiger partial charge in [-0.1, -0.05) is 0 Å². The summed E-state index contributed by atoms with van der Waals surface area (Å²) in [5.74, 6) is 0.481. The third-order valence-electron chi connectivity index (χ3n) is 5.59. The van der Waals surface area contributed by atoms with Gasteiger partial charge < -0.3 is 44.2 Å². The van der Waals surface area contributed by atoms with E-state index in [-0.39, 0.29) is 13.0 Å². The van der Waals surface area contributed by atoms with Gasteiger partial charge in [-0.3, -0.25) is 0 Å². The van der Waals surface area contributed by atoms with Crippen LogP contribution in [-0.2, 0) is 15.9 Å². The summed E-state index contributed by atoms with van der Waals surface area (Å²) in [6, 6.07) is 6.45. The second kappa shape index (κ2) is 7.89. The maximum atomic E-state index is 11.6. The number of fused-ring (bicyclic) bond motifs is 3. The van der Waals surface area contributed by atoms with Gasteiger partial charge in [0.15, 0.2) is 6.29 Å². The Balaban J connectivity index is 1.47. The lowest BCUT2D eigenvalue weighted by molar-refractivity contribution is -0.310. The molecule has 0 bridgehead atoms.